The summed E-state index contributed by atoms with van der Waals surface area (Å²) in [6, 6.07) is 2.44. The van der Waals surface area contributed by atoms with Gasteiger partial charge in [-0.05, 0) is 40.3 Å². The van der Waals surface area contributed by atoms with Crippen LogP contribution in [-0.2, 0) is 6.42 Å². The molecule has 0 aliphatic carbocycles. The minimum absolute atomic E-state index is 0.278. The second-order valence-corrected chi connectivity index (χ2v) is 6.87. The van der Waals surface area contributed by atoms with Crippen LogP contribution in [0.3, 0.4) is 0 Å². The van der Waals surface area contributed by atoms with Gasteiger partial charge >= 0.3 is 0 Å². The summed E-state index contributed by atoms with van der Waals surface area (Å²) in [7, 11) is 0. The van der Waals surface area contributed by atoms with Gasteiger partial charge in [0.25, 0.3) is 0 Å². The van der Waals surface area contributed by atoms with Crippen LogP contribution < -0.4 is 5.73 Å². The van der Waals surface area contributed by atoms with E-state index in [4.69, 9.17) is 5.73 Å². The Bertz CT molecular complexity index is 288. The van der Waals surface area contributed by atoms with Gasteiger partial charge in [-0.3, -0.25) is 0 Å². The average molecular weight is 276 g/mol. The molecule has 3 heteroatoms. The van der Waals surface area contributed by atoms with E-state index in [1.54, 1.807) is 11.3 Å². The van der Waals surface area contributed by atoms with Gasteiger partial charge in [-0.15, -0.1) is 11.3 Å². The van der Waals surface area contributed by atoms with E-state index >= 15 is 0 Å². The maximum Gasteiger partial charge on any atom is 0.0285 e. The molecule has 0 radical (unpaired) electrons. The first kappa shape index (κ1) is 12.2. The summed E-state index contributed by atoms with van der Waals surface area (Å²) >= 11 is 5.23. The molecule has 0 saturated heterocycles. The first-order chi connectivity index (χ1) is 6.37. The Hall–Kier alpha value is 0.140. The maximum atomic E-state index is 6.09. The predicted octanol–water partition coefficient (Wildman–Crippen LogP) is 3.82. The molecule has 1 unspecified atom stereocenters. The Balaban J connectivity index is 2.45. The quantitative estimate of drug-likeness (QED) is 0.892. The topological polar surface area (TPSA) is 26.0 Å². The van der Waals surface area contributed by atoms with Crippen LogP contribution in [0.5, 0.6) is 0 Å². The van der Waals surface area contributed by atoms with Crippen LogP contribution in [0, 0.1) is 5.41 Å². The van der Waals surface area contributed by atoms with Crippen molar-refractivity contribution in [3.05, 3.63) is 20.8 Å². The number of nitrogens with two attached hydrogens (primary N) is 1. The lowest BCUT2D eigenvalue weighted by atomic mass is 9.87. The van der Waals surface area contributed by atoms with E-state index < -0.39 is 0 Å². The van der Waals surface area contributed by atoms with Crippen LogP contribution in [0.25, 0.3) is 0 Å². The van der Waals surface area contributed by atoms with Gasteiger partial charge in [0.1, 0.15) is 0 Å². The second kappa shape index (κ2) is 4.77. The van der Waals surface area contributed by atoms with E-state index in [9.17, 15) is 0 Å². The molecular formula is C11H18BrNS. The van der Waals surface area contributed by atoms with Gasteiger partial charge in [0.05, 0.1) is 0 Å². The fourth-order valence-corrected chi connectivity index (χ4v) is 3.12. The Morgan fingerprint density at radius 2 is 2.14 bits per heavy atom. The number of halogens is 1. The monoisotopic (exact) mass is 275 g/mol. The van der Waals surface area contributed by atoms with Crippen molar-refractivity contribution in [1.29, 1.82) is 0 Å². The SMILES string of the molecule is CC(C)(C)CC(N)Cc1cc(Br)cs1. The molecule has 0 spiro atoms. The van der Waals surface area contributed by atoms with E-state index in [1.807, 2.05) is 0 Å². The van der Waals surface area contributed by atoms with Crippen LogP contribution in [0.2, 0.25) is 0 Å². The summed E-state index contributed by atoms with van der Waals surface area (Å²) in [6.45, 7) is 6.70. The Morgan fingerprint density at radius 1 is 1.50 bits per heavy atom. The van der Waals surface area contributed by atoms with E-state index in [0.29, 0.717) is 5.41 Å². The van der Waals surface area contributed by atoms with Crippen LogP contribution in [-0.4, -0.2) is 6.04 Å². The zero-order valence-electron chi connectivity index (χ0n) is 9.01. The van der Waals surface area contributed by atoms with Crippen molar-refractivity contribution in [2.45, 2.75) is 39.7 Å². The lowest BCUT2D eigenvalue weighted by Gasteiger charge is -2.22. The maximum absolute atomic E-state index is 6.09. The Morgan fingerprint density at radius 3 is 2.57 bits per heavy atom. The lowest BCUT2D eigenvalue weighted by molar-refractivity contribution is 0.339. The van der Waals surface area contributed by atoms with Gasteiger partial charge in [-0.2, -0.15) is 0 Å². The number of hydrogen-bond donors (Lipinski definition) is 1. The molecule has 0 amide bonds. The third kappa shape index (κ3) is 4.58. The summed E-state index contributed by atoms with van der Waals surface area (Å²) < 4.78 is 1.17. The zero-order valence-corrected chi connectivity index (χ0v) is 11.4. The lowest BCUT2D eigenvalue weighted by Crippen LogP contribution is -2.28. The van der Waals surface area contributed by atoms with E-state index in [2.05, 4.69) is 48.1 Å². The molecule has 0 aliphatic rings. The molecule has 0 fully saturated rings. The van der Waals surface area contributed by atoms with Crippen molar-refractivity contribution in [3.8, 4) is 0 Å². The van der Waals surface area contributed by atoms with E-state index in [0.717, 1.165) is 12.8 Å². The van der Waals surface area contributed by atoms with Gasteiger partial charge in [-0.25, -0.2) is 0 Å². The molecule has 1 rings (SSSR count). The number of rotatable bonds is 3. The van der Waals surface area contributed by atoms with Crippen molar-refractivity contribution >= 4 is 27.3 Å². The number of hydrogen-bond acceptors (Lipinski definition) is 2. The number of thiophene rings is 1. The highest BCUT2D eigenvalue weighted by molar-refractivity contribution is 9.10. The third-order valence-electron chi connectivity index (χ3n) is 1.96. The first-order valence-electron chi connectivity index (χ1n) is 4.85. The summed E-state index contributed by atoms with van der Waals surface area (Å²) in [4.78, 5) is 1.37. The molecule has 2 N–H and O–H groups in total. The minimum atomic E-state index is 0.278. The van der Waals surface area contributed by atoms with Crippen molar-refractivity contribution in [2.75, 3.05) is 0 Å². The third-order valence-corrected chi connectivity index (χ3v) is 3.68. The molecule has 0 aliphatic heterocycles. The highest BCUT2D eigenvalue weighted by atomic mass is 79.9. The molecule has 1 aromatic heterocycles. The summed E-state index contributed by atoms with van der Waals surface area (Å²) in [6.07, 6.45) is 2.07. The molecule has 1 aromatic rings. The van der Waals surface area contributed by atoms with Crippen molar-refractivity contribution in [2.24, 2.45) is 11.1 Å². The highest BCUT2D eigenvalue weighted by Crippen LogP contribution is 2.25. The average Bonchev–Trinajstić information content (AvgIpc) is 2.30. The van der Waals surface area contributed by atoms with Gasteiger partial charge in [0.15, 0.2) is 0 Å². The summed E-state index contributed by atoms with van der Waals surface area (Å²) in [5, 5.41) is 2.11. The Kier molecular flexibility index (Phi) is 4.16. The summed E-state index contributed by atoms with van der Waals surface area (Å²) in [5.41, 5.74) is 6.42. The van der Waals surface area contributed by atoms with Crippen molar-refractivity contribution in [3.63, 3.8) is 0 Å². The summed E-state index contributed by atoms with van der Waals surface area (Å²) in [5.74, 6) is 0. The van der Waals surface area contributed by atoms with E-state index in [-0.39, 0.29) is 6.04 Å². The fourth-order valence-electron chi connectivity index (χ4n) is 1.58. The van der Waals surface area contributed by atoms with Crippen LogP contribution in [0.15, 0.2) is 15.9 Å². The smallest absolute Gasteiger partial charge is 0.0285 e. The van der Waals surface area contributed by atoms with Gasteiger partial charge < -0.3 is 5.73 Å². The van der Waals surface area contributed by atoms with Crippen LogP contribution >= 0.6 is 27.3 Å². The molecular weight excluding hydrogens is 258 g/mol. The zero-order chi connectivity index (χ0) is 10.8. The largest absolute Gasteiger partial charge is 0.327 e. The van der Waals surface area contributed by atoms with Crippen LogP contribution in [0.4, 0.5) is 0 Å². The fraction of sp³-hybridized carbons (Fsp3) is 0.636. The van der Waals surface area contributed by atoms with Crippen LogP contribution in [0.1, 0.15) is 32.1 Å². The van der Waals surface area contributed by atoms with Gasteiger partial charge in [0.2, 0.25) is 0 Å². The first-order valence-corrected chi connectivity index (χ1v) is 6.52. The molecule has 1 heterocycles. The second-order valence-electron chi connectivity index (χ2n) is 4.96. The molecule has 0 aromatic carbocycles. The van der Waals surface area contributed by atoms with E-state index in [1.165, 1.54) is 9.35 Å². The van der Waals surface area contributed by atoms with Gasteiger partial charge in [-0.1, -0.05) is 20.8 Å². The van der Waals surface area contributed by atoms with Crippen molar-refractivity contribution < 1.29 is 0 Å². The highest BCUT2D eigenvalue weighted by Gasteiger charge is 2.16. The molecule has 80 valence electrons. The molecule has 1 nitrogen and oxygen atoms in total. The predicted molar refractivity (Wildman–Crippen MR) is 67.8 cm³/mol. The molecule has 14 heavy (non-hydrogen) atoms. The molecule has 1 atom stereocenters. The Labute approximate surface area is 98.8 Å². The minimum Gasteiger partial charge on any atom is -0.327 e. The standard InChI is InChI=1S/C11H18BrNS/c1-11(2,3)6-9(13)5-10-4-8(12)7-14-10/h4,7,9H,5-6,13H2,1-3H3. The normalized spacial score (nSPS) is 14.4. The van der Waals surface area contributed by atoms with Crippen molar-refractivity contribution in [1.82, 2.24) is 0 Å². The molecule has 0 saturated carbocycles. The molecule has 0 bridgehead atoms. The van der Waals surface area contributed by atoms with Gasteiger partial charge in [0, 0.05) is 20.8 Å².